The van der Waals surface area contributed by atoms with Gasteiger partial charge in [0, 0.05) is 0 Å². The first-order valence-corrected chi connectivity index (χ1v) is 8.56. The van der Waals surface area contributed by atoms with E-state index in [2.05, 4.69) is 6.30 Å². The highest BCUT2D eigenvalue weighted by molar-refractivity contribution is 7.56. The van der Waals surface area contributed by atoms with Crippen LogP contribution >= 0.6 is 8.20 Å². The van der Waals surface area contributed by atoms with Gasteiger partial charge in [-0.25, -0.2) is 0 Å². The van der Waals surface area contributed by atoms with Crippen molar-refractivity contribution in [3.05, 3.63) is 108 Å². The lowest BCUT2D eigenvalue weighted by atomic mass is 9.70. The Morgan fingerprint density at radius 3 is 1.22 bits per heavy atom. The Morgan fingerprint density at radius 1 is 0.652 bits per heavy atom. The van der Waals surface area contributed by atoms with Crippen molar-refractivity contribution in [1.82, 2.24) is 0 Å². The van der Waals surface area contributed by atoms with Gasteiger partial charge in [0.2, 0.25) is 0 Å². The third-order valence-electron chi connectivity index (χ3n) is 4.08. The quantitative estimate of drug-likeness (QED) is 0.482. The summed E-state index contributed by atoms with van der Waals surface area (Å²) in [6.45, 7) is 0. The van der Waals surface area contributed by atoms with Crippen molar-refractivity contribution in [2.45, 2.75) is 5.41 Å². The van der Waals surface area contributed by atoms with Crippen LogP contribution in [0.4, 0.5) is 0 Å². The summed E-state index contributed by atoms with van der Waals surface area (Å²) in [6, 6.07) is 29.9. The summed E-state index contributed by atoms with van der Waals surface area (Å²) >= 11 is 0. The van der Waals surface area contributed by atoms with E-state index in [1.165, 1.54) is 0 Å². The van der Waals surface area contributed by atoms with E-state index in [1.54, 1.807) is 0 Å². The molecule has 0 heterocycles. The first-order valence-electron chi connectivity index (χ1n) is 7.48. The SMILES string of the molecule is C=PC(=O)C(c1ccccc1)(c1ccccc1)c1ccccc1. The molecule has 0 atom stereocenters. The van der Waals surface area contributed by atoms with E-state index < -0.39 is 5.41 Å². The van der Waals surface area contributed by atoms with Gasteiger partial charge in [-0.3, -0.25) is 4.79 Å². The van der Waals surface area contributed by atoms with Gasteiger partial charge in [-0.2, -0.15) is 0 Å². The standard InChI is InChI=1S/C21H17OP/c1-23-20(22)21(17-11-5-2-6-12-17,18-13-7-3-8-14-18)19-15-9-4-10-16-19/h2-16H,1H2. The molecule has 3 aromatic carbocycles. The topological polar surface area (TPSA) is 17.1 Å². The highest BCUT2D eigenvalue weighted by atomic mass is 31.1. The molecule has 0 aliphatic rings. The zero-order chi connectivity index (χ0) is 16.1. The summed E-state index contributed by atoms with van der Waals surface area (Å²) in [5.74, 6) is 0. The number of benzene rings is 3. The van der Waals surface area contributed by atoms with Crippen molar-refractivity contribution < 1.29 is 4.79 Å². The van der Waals surface area contributed by atoms with Gasteiger partial charge in [0.15, 0.2) is 5.52 Å². The number of carbonyl (C=O) groups is 1. The predicted molar refractivity (Wildman–Crippen MR) is 98.3 cm³/mol. The Kier molecular flexibility index (Phi) is 4.50. The third kappa shape index (κ3) is 2.65. The first kappa shape index (κ1) is 15.4. The molecular weight excluding hydrogens is 299 g/mol. The van der Waals surface area contributed by atoms with Crippen LogP contribution in [0.15, 0.2) is 91.0 Å². The summed E-state index contributed by atoms with van der Waals surface area (Å²) < 4.78 is 0. The molecule has 0 fully saturated rings. The van der Waals surface area contributed by atoms with Crippen molar-refractivity contribution in [2.24, 2.45) is 0 Å². The molecule has 1 nitrogen and oxygen atoms in total. The van der Waals surface area contributed by atoms with Crippen LogP contribution in [0.25, 0.3) is 0 Å². The number of carbonyl (C=O) groups excluding carboxylic acids is 1. The first-order chi connectivity index (χ1) is 11.3. The van der Waals surface area contributed by atoms with Crippen molar-refractivity contribution in [3.8, 4) is 0 Å². The lowest BCUT2D eigenvalue weighted by Gasteiger charge is -2.33. The molecule has 23 heavy (non-hydrogen) atoms. The maximum atomic E-state index is 13.2. The number of hydrogen-bond acceptors (Lipinski definition) is 1. The zero-order valence-electron chi connectivity index (χ0n) is 12.7. The molecule has 0 unspecified atom stereocenters. The summed E-state index contributed by atoms with van der Waals surface area (Å²) in [5.41, 5.74) is 2.16. The normalized spacial score (nSPS) is 11.3. The van der Waals surface area contributed by atoms with E-state index in [0.29, 0.717) is 8.20 Å². The minimum atomic E-state index is -0.826. The summed E-state index contributed by atoms with van der Waals surface area (Å²) in [6.07, 6.45) is 3.85. The van der Waals surface area contributed by atoms with Crippen molar-refractivity contribution in [1.29, 1.82) is 0 Å². The molecule has 0 radical (unpaired) electrons. The van der Waals surface area contributed by atoms with Gasteiger partial charge in [0.25, 0.3) is 0 Å². The van der Waals surface area contributed by atoms with Crippen LogP contribution in [0.2, 0.25) is 0 Å². The Bertz CT molecular complexity index is 698. The van der Waals surface area contributed by atoms with Crippen LogP contribution < -0.4 is 0 Å². The van der Waals surface area contributed by atoms with Gasteiger partial charge < -0.3 is 0 Å². The molecule has 0 spiro atoms. The fraction of sp³-hybridized carbons (Fsp3) is 0.0476. The second-order valence-electron chi connectivity index (χ2n) is 5.31. The molecule has 112 valence electrons. The minimum absolute atomic E-state index is 0.0705. The van der Waals surface area contributed by atoms with E-state index in [0.717, 1.165) is 16.7 Å². The van der Waals surface area contributed by atoms with Gasteiger partial charge in [0.1, 0.15) is 5.41 Å². The molecule has 0 amide bonds. The second-order valence-corrected chi connectivity index (χ2v) is 6.03. The monoisotopic (exact) mass is 316 g/mol. The lowest BCUT2D eigenvalue weighted by Crippen LogP contribution is -2.35. The van der Waals surface area contributed by atoms with E-state index in [-0.39, 0.29) is 5.52 Å². The zero-order valence-corrected chi connectivity index (χ0v) is 13.6. The maximum absolute atomic E-state index is 13.2. The van der Waals surface area contributed by atoms with E-state index in [9.17, 15) is 4.79 Å². The third-order valence-corrected chi connectivity index (χ3v) is 4.71. The highest BCUT2D eigenvalue weighted by Crippen LogP contribution is 2.42. The van der Waals surface area contributed by atoms with Crippen LogP contribution in [0.1, 0.15) is 16.7 Å². The second kappa shape index (κ2) is 6.73. The predicted octanol–water partition coefficient (Wildman–Crippen LogP) is 4.93. The molecule has 0 bridgehead atoms. The Hall–Kier alpha value is -2.50. The fourth-order valence-corrected chi connectivity index (χ4v) is 3.68. The van der Waals surface area contributed by atoms with E-state index in [1.807, 2.05) is 91.0 Å². The molecule has 0 N–H and O–H groups in total. The van der Waals surface area contributed by atoms with Crippen LogP contribution in [-0.2, 0) is 10.2 Å². The van der Waals surface area contributed by atoms with Gasteiger partial charge in [-0.05, 0) is 24.9 Å². The molecule has 0 saturated carbocycles. The number of rotatable bonds is 5. The number of hydrogen-bond donors (Lipinski definition) is 0. The summed E-state index contributed by atoms with van der Waals surface area (Å²) in [4.78, 5) is 13.2. The summed E-state index contributed by atoms with van der Waals surface area (Å²) in [7, 11) is 0.499. The maximum Gasteiger partial charge on any atom is 0.200 e. The van der Waals surface area contributed by atoms with Crippen molar-refractivity contribution >= 4 is 20.0 Å². The Balaban J connectivity index is 2.40. The lowest BCUT2D eigenvalue weighted by molar-refractivity contribution is -0.113. The highest BCUT2D eigenvalue weighted by Gasteiger charge is 2.42. The molecule has 0 aliphatic carbocycles. The Morgan fingerprint density at radius 2 is 0.957 bits per heavy atom. The van der Waals surface area contributed by atoms with Crippen LogP contribution in [0.5, 0.6) is 0 Å². The molecule has 0 saturated heterocycles. The van der Waals surface area contributed by atoms with Crippen LogP contribution in [0.3, 0.4) is 0 Å². The molecule has 0 aliphatic heterocycles. The molecule has 3 rings (SSSR count). The van der Waals surface area contributed by atoms with Gasteiger partial charge in [-0.15, -0.1) is 0 Å². The van der Waals surface area contributed by atoms with Gasteiger partial charge in [0.05, 0.1) is 0 Å². The van der Waals surface area contributed by atoms with Crippen molar-refractivity contribution in [3.63, 3.8) is 0 Å². The largest absolute Gasteiger partial charge is 0.288 e. The molecule has 2 heteroatoms. The fourth-order valence-electron chi connectivity index (χ4n) is 3.05. The smallest absolute Gasteiger partial charge is 0.200 e. The van der Waals surface area contributed by atoms with Crippen LogP contribution in [0, 0.1) is 0 Å². The van der Waals surface area contributed by atoms with Crippen LogP contribution in [-0.4, -0.2) is 11.8 Å². The van der Waals surface area contributed by atoms with E-state index in [4.69, 9.17) is 0 Å². The molecule has 0 aromatic heterocycles. The molecule has 3 aromatic rings. The van der Waals surface area contributed by atoms with Crippen molar-refractivity contribution in [2.75, 3.05) is 0 Å². The Labute approximate surface area is 138 Å². The average molecular weight is 316 g/mol. The average Bonchev–Trinajstić information content (AvgIpc) is 2.65. The van der Waals surface area contributed by atoms with E-state index >= 15 is 0 Å². The molecular formula is C21H17OP. The minimum Gasteiger partial charge on any atom is -0.288 e. The van der Waals surface area contributed by atoms with Gasteiger partial charge in [-0.1, -0.05) is 97.3 Å². The van der Waals surface area contributed by atoms with Gasteiger partial charge >= 0.3 is 0 Å². The summed E-state index contributed by atoms with van der Waals surface area (Å²) in [5, 5.41) is 0.